The van der Waals surface area contributed by atoms with Gasteiger partial charge in [0, 0.05) is 23.0 Å². The van der Waals surface area contributed by atoms with E-state index < -0.39 is 21.7 Å². The standard InChI is InChI=1S/C23H32ClN3O5S/c1-15-20(16(2)32-26-15)33(29,30)27-19-9-11-23(12-10-19,17-7-6-8-18(24)13-17)14-25-21(28)31-22(3,4)5/h6-8,13,19,27H,9-12,14H2,1-5H3,(H,25,28). The van der Waals surface area contributed by atoms with Crippen molar-refractivity contribution in [3.05, 3.63) is 46.3 Å². The average Bonchev–Trinajstić information content (AvgIpc) is 3.05. The first-order chi connectivity index (χ1) is 15.3. The molecule has 1 heterocycles. The van der Waals surface area contributed by atoms with Crippen LogP contribution >= 0.6 is 11.6 Å². The summed E-state index contributed by atoms with van der Waals surface area (Å²) in [6, 6.07) is 7.37. The molecular formula is C23H32ClN3O5S. The number of carbonyl (C=O) groups is 1. The van der Waals surface area contributed by atoms with Crippen LogP contribution in [-0.2, 0) is 20.2 Å². The van der Waals surface area contributed by atoms with Crippen LogP contribution in [0.2, 0.25) is 5.02 Å². The Morgan fingerprint density at radius 2 is 1.94 bits per heavy atom. The fourth-order valence-corrected chi connectivity index (χ4v) is 6.19. The lowest BCUT2D eigenvalue weighted by Crippen LogP contribution is -2.48. The Bertz CT molecular complexity index is 1080. The van der Waals surface area contributed by atoms with E-state index in [1.165, 1.54) is 0 Å². The number of benzene rings is 1. The van der Waals surface area contributed by atoms with E-state index in [2.05, 4.69) is 15.2 Å². The van der Waals surface area contributed by atoms with Crippen molar-refractivity contribution in [3.8, 4) is 0 Å². The number of carbonyl (C=O) groups excluding carboxylic acids is 1. The molecule has 0 bridgehead atoms. The minimum atomic E-state index is -3.75. The molecule has 1 saturated carbocycles. The van der Waals surface area contributed by atoms with Crippen LogP contribution in [0.4, 0.5) is 4.79 Å². The van der Waals surface area contributed by atoms with Gasteiger partial charge in [0.15, 0.2) is 5.76 Å². The highest BCUT2D eigenvalue weighted by atomic mass is 35.5. The molecule has 182 valence electrons. The predicted molar refractivity (Wildman–Crippen MR) is 126 cm³/mol. The van der Waals surface area contributed by atoms with Gasteiger partial charge in [-0.2, -0.15) is 0 Å². The van der Waals surface area contributed by atoms with E-state index in [-0.39, 0.29) is 22.1 Å². The molecule has 0 unspecified atom stereocenters. The summed E-state index contributed by atoms with van der Waals surface area (Å²) in [6.45, 7) is 9.01. The Hall–Kier alpha value is -2.10. The van der Waals surface area contributed by atoms with Gasteiger partial charge in [0.1, 0.15) is 16.2 Å². The second-order valence-corrected chi connectivity index (χ2v) is 11.8. The molecule has 0 atom stereocenters. The van der Waals surface area contributed by atoms with Crippen molar-refractivity contribution in [2.45, 2.75) is 82.3 Å². The van der Waals surface area contributed by atoms with Crippen LogP contribution in [0, 0.1) is 13.8 Å². The van der Waals surface area contributed by atoms with Crippen molar-refractivity contribution in [2.24, 2.45) is 0 Å². The third-order valence-corrected chi connectivity index (χ3v) is 7.91. The third-order valence-electron chi connectivity index (χ3n) is 5.91. The fraction of sp³-hybridized carbons (Fsp3) is 0.565. The lowest BCUT2D eigenvalue weighted by molar-refractivity contribution is 0.0506. The summed E-state index contributed by atoms with van der Waals surface area (Å²) >= 11 is 6.26. The monoisotopic (exact) mass is 497 g/mol. The number of rotatable bonds is 6. The smallest absolute Gasteiger partial charge is 0.407 e. The molecule has 8 nitrogen and oxygen atoms in total. The fourth-order valence-electron chi connectivity index (χ4n) is 4.37. The molecule has 1 amide bonds. The Morgan fingerprint density at radius 3 is 2.48 bits per heavy atom. The summed E-state index contributed by atoms with van der Waals surface area (Å²) in [5.41, 5.74) is 0.373. The first kappa shape index (κ1) is 25.5. The number of ether oxygens (including phenoxy) is 1. The van der Waals surface area contributed by atoms with Gasteiger partial charge in [0.2, 0.25) is 10.0 Å². The number of aromatic nitrogens is 1. The van der Waals surface area contributed by atoms with E-state index in [4.69, 9.17) is 20.9 Å². The average molecular weight is 498 g/mol. The summed E-state index contributed by atoms with van der Waals surface area (Å²) in [6.07, 6.45) is 2.05. The maximum absolute atomic E-state index is 12.9. The van der Waals surface area contributed by atoms with Crippen LogP contribution in [0.25, 0.3) is 0 Å². The predicted octanol–water partition coefficient (Wildman–Crippen LogP) is 4.63. The number of halogens is 1. The number of nitrogens with one attached hydrogen (secondary N) is 2. The number of aryl methyl sites for hydroxylation is 2. The van der Waals surface area contributed by atoms with Crippen LogP contribution in [0.15, 0.2) is 33.7 Å². The summed E-state index contributed by atoms with van der Waals surface area (Å²) in [4.78, 5) is 12.4. The van der Waals surface area contributed by atoms with Crippen molar-refractivity contribution >= 4 is 27.7 Å². The number of sulfonamides is 1. The maximum atomic E-state index is 12.9. The normalized spacial score (nSPS) is 21.6. The molecule has 1 aromatic heterocycles. The van der Waals surface area contributed by atoms with Crippen LogP contribution < -0.4 is 10.0 Å². The summed E-state index contributed by atoms with van der Waals surface area (Å²) < 4.78 is 39.1. The topological polar surface area (TPSA) is 111 Å². The minimum Gasteiger partial charge on any atom is -0.444 e. The Labute approximate surface area is 200 Å². The number of amides is 1. The van der Waals surface area contributed by atoms with Crippen LogP contribution in [0.3, 0.4) is 0 Å². The van der Waals surface area contributed by atoms with E-state index in [9.17, 15) is 13.2 Å². The van der Waals surface area contributed by atoms with Crippen molar-refractivity contribution in [1.29, 1.82) is 0 Å². The maximum Gasteiger partial charge on any atom is 0.407 e. The zero-order valence-corrected chi connectivity index (χ0v) is 21.3. The molecule has 0 aliphatic heterocycles. The lowest BCUT2D eigenvalue weighted by Gasteiger charge is -2.41. The molecule has 3 rings (SSSR count). The van der Waals surface area contributed by atoms with Crippen molar-refractivity contribution in [1.82, 2.24) is 15.2 Å². The Balaban J connectivity index is 1.75. The van der Waals surface area contributed by atoms with Crippen molar-refractivity contribution < 1.29 is 22.5 Å². The largest absolute Gasteiger partial charge is 0.444 e. The van der Waals surface area contributed by atoms with Crippen molar-refractivity contribution in [3.63, 3.8) is 0 Å². The SMILES string of the molecule is Cc1noc(C)c1S(=O)(=O)NC1CCC(CNC(=O)OC(C)(C)C)(c2cccc(Cl)c2)CC1. The first-order valence-corrected chi connectivity index (χ1v) is 12.9. The number of hydrogen-bond donors (Lipinski definition) is 2. The molecule has 2 aromatic rings. The van der Waals surface area contributed by atoms with E-state index in [0.717, 1.165) is 5.56 Å². The zero-order chi connectivity index (χ0) is 24.4. The van der Waals surface area contributed by atoms with Gasteiger partial charge in [-0.05, 0) is 78.0 Å². The van der Waals surface area contributed by atoms with Gasteiger partial charge in [0.05, 0.1) is 0 Å². The van der Waals surface area contributed by atoms with Crippen LogP contribution in [0.1, 0.15) is 63.5 Å². The van der Waals surface area contributed by atoms with Crippen molar-refractivity contribution in [2.75, 3.05) is 6.54 Å². The summed E-state index contributed by atoms with van der Waals surface area (Å²) in [7, 11) is -3.75. The van der Waals surface area contributed by atoms with E-state index in [1.807, 2.05) is 45.0 Å². The third kappa shape index (κ3) is 6.28. The van der Waals surface area contributed by atoms with Crippen LogP contribution in [0.5, 0.6) is 0 Å². The molecule has 33 heavy (non-hydrogen) atoms. The molecule has 0 radical (unpaired) electrons. The highest BCUT2D eigenvalue weighted by Crippen LogP contribution is 2.40. The molecule has 0 saturated heterocycles. The van der Waals surface area contributed by atoms with E-state index in [1.54, 1.807) is 13.8 Å². The highest BCUT2D eigenvalue weighted by Gasteiger charge is 2.39. The van der Waals surface area contributed by atoms with E-state index >= 15 is 0 Å². The first-order valence-electron chi connectivity index (χ1n) is 11.0. The molecule has 2 N–H and O–H groups in total. The molecule has 1 aliphatic rings. The molecule has 1 fully saturated rings. The van der Waals surface area contributed by atoms with Gasteiger partial charge >= 0.3 is 6.09 Å². The molecule has 1 aliphatic carbocycles. The lowest BCUT2D eigenvalue weighted by atomic mass is 9.68. The zero-order valence-electron chi connectivity index (χ0n) is 19.7. The highest BCUT2D eigenvalue weighted by molar-refractivity contribution is 7.89. The second kappa shape index (κ2) is 9.64. The van der Waals surface area contributed by atoms with Gasteiger partial charge in [-0.15, -0.1) is 0 Å². The quantitative estimate of drug-likeness (QED) is 0.602. The van der Waals surface area contributed by atoms with Crippen LogP contribution in [-0.4, -0.2) is 37.9 Å². The Morgan fingerprint density at radius 1 is 1.27 bits per heavy atom. The molecule has 0 spiro atoms. The Kier molecular flexibility index (Phi) is 7.45. The molecular weight excluding hydrogens is 466 g/mol. The summed E-state index contributed by atoms with van der Waals surface area (Å²) in [5.74, 6) is 0.269. The second-order valence-electron chi connectivity index (χ2n) is 9.69. The number of hydrogen-bond acceptors (Lipinski definition) is 6. The molecule has 10 heteroatoms. The molecule has 1 aromatic carbocycles. The summed E-state index contributed by atoms with van der Waals surface area (Å²) in [5, 5.41) is 7.27. The van der Waals surface area contributed by atoms with Gasteiger partial charge in [-0.1, -0.05) is 28.9 Å². The van der Waals surface area contributed by atoms with Gasteiger partial charge < -0.3 is 14.6 Å². The number of nitrogens with zero attached hydrogens (tertiary/aromatic N) is 1. The van der Waals surface area contributed by atoms with Gasteiger partial charge in [0.25, 0.3) is 0 Å². The van der Waals surface area contributed by atoms with E-state index in [0.29, 0.717) is 42.9 Å². The minimum absolute atomic E-state index is 0.0979. The number of alkyl carbamates (subject to hydrolysis) is 1. The van der Waals surface area contributed by atoms with Gasteiger partial charge in [-0.25, -0.2) is 17.9 Å². The van der Waals surface area contributed by atoms with Gasteiger partial charge in [-0.3, -0.25) is 0 Å².